The highest BCUT2D eigenvalue weighted by Crippen LogP contribution is 2.30. The van der Waals surface area contributed by atoms with E-state index in [1.54, 1.807) is 31.2 Å². The van der Waals surface area contributed by atoms with E-state index >= 15 is 0 Å². The first-order valence-electron chi connectivity index (χ1n) is 8.31. The van der Waals surface area contributed by atoms with Crippen molar-refractivity contribution in [3.8, 4) is 0 Å². The zero-order valence-electron chi connectivity index (χ0n) is 13.8. The molecule has 0 radical (unpaired) electrons. The second-order valence-electron chi connectivity index (χ2n) is 6.60. The largest absolute Gasteiger partial charge is 0.358 e. The number of aromatic amines is 1. The highest BCUT2D eigenvalue weighted by molar-refractivity contribution is 7.89. The minimum Gasteiger partial charge on any atom is -0.358 e. The smallest absolute Gasteiger partial charge is 0.241 e. The van der Waals surface area contributed by atoms with Crippen LogP contribution in [0.5, 0.6) is 0 Å². The van der Waals surface area contributed by atoms with Crippen LogP contribution in [0.2, 0.25) is 0 Å². The molecular formula is C19H19FN2O2S. The number of hydrogen-bond donors (Lipinski definition) is 2. The number of aromatic nitrogens is 1. The molecule has 2 aromatic carbocycles. The summed E-state index contributed by atoms with van der Waals surface area (Å²) in [4.78, 5) is 3.58. The normalized spacial score (nSPS) is 17.6. The first-order valence-corrected chi connectivity index (χ1v) is 9.79. The van der Waals surface area contributed by atoms with Gasteiger partial charge in [-0.2, -0.15) is 0 Å². The molecule has 1 aromatic heterocycles. The maximum atomic E-state index is 13.4. The lowest BCUT2D eigenvalue weighted by Gasteiger charge is -2.24. The van der Waals surface area contributed by atoms with E-state index in [2.05, 4.69) is 9.71 Å². The van der Waals surface area contributed by atoms with Gasteiger partial charge in [-0.25, -0.2) is 17.5 Å². The number of halogens is 1. The average Bonchev–Trinajstić information content (AvgIpc) is 2.91. The van der Waals surface area contributed by atoms with Gasteiger partial charge >= 0.3 is 0 Å². The van der Waals surface area contributed by atoms with Gasteiger partial charge in [-0.05, 0) is 61.6 Å². The van der Waals surface area contributed by atoms with Crippen molar-refractivity contribution < 1.29 is 12.8 Å². The molecule has 1 unspecified atom stereocenters. The summed E-state index contributed by atoms with van der Waals surface area (Å²) in [5.74, 6) is -0.275. The Hall–Kier alpha value is -2.18. The van der Waals surface area contributed by atoms with Crippen LogP contribution in [0.4, 0.5) is 4.39 Å². The molecule has 1 aliphatic rings. The lowest BCUT2D eigenvalue weighted by atomic mass is 9.92. The Morgan fingerprint density at radius 2 is 2.00 bits per heavy atom. The summed E-state index contributed by atoms with van der Waals surface area (Å²) >= 11 is 0. The van der Waals surface area contributed by atoms with Gasteiger partial charge in [-0.15, -0.1) is 0 Å². The van der Waals surface area contributed by atoms with Gasteiger partial charge in [0.15, 0.2) is 0 Å². The molecular weight excluding hydrogens is 339 g/mol. The van der Waals surface area contributed by atoms with Crippen LogP contribution in [0.15, 0.2) is 47.4 Å². The molecule has 2 N–H and O–H groups in total. The predicted octanol–water partition coefficient (Wildman–Crippen LogP) is 3.45. The lowest BCUT2D eigenvalue weighted by molar-refractivity contribution is 0.506. The highest BCUT2D eigenvalue weighted by Gasteiger charge is 2.27. The molecule has 1 atom stereocenters. The van der Waals surface area contributed by atoms with Crippen molar-refractivity contribution >= 4 is 20.9 Å². The zero-order valence-corrected chi connectivity index (χ0v) is 14.7. The molecule has 0 spiro atoms. The molecule has 130 valence electrons. The molecule has 3 aromatic rings. The highest BCUT2D eigenvalue weighted by atomic mass is 32.2. The third-order valence-corrected chi connectivity index (χ3v) is 6.54. The molecule has 4 nitrogen and oxygen atoms in total. The Bertz CT molecular complexity index is 1060. The predicted molar refractivity (Wildman–Crippen MR) is 95.6 cm³/mol. The number of sulfonamides is 1. The van der Waals surface area contributed by atoms with Crippen molar-refractivity contribution in [3.63, 3.8) is 0 Å². The number of aryl methyl sites for hydroxylation is 2. The molecule has 0 fully saturated rings. The average molecular weight is 358 g/mol. The Morgan fingerprint density at radius 1 is 1.20 bits per heavy atom. The van der Waals surface area contributed by atoms with E-state index in [0.717, 1.165) is 34.1 Å². The van der Waals surface area contributed by atoms with Crippen molar-refractivity contribution in [1.82, 2.24) is 9.71 Å². The maximum absolute atomic E-state index is 13.4. The quantitative estimate of drug-likeness (QED) is 0.753. The van der Waals surface area contributed by atoms with E-state index in [-0.39, 0.29) is 11.9 Å². The molecule has 0 amide bonds. The Morgan fingerprint density at radius 3 is 2.80 bits per heavy atom. The Balaban J connectivity index is 1.63. The van der Waals surface area contributed by atoms with Gasteiger partial charge in [-0.1, -0.05) is 18.2 Å². The van der Waals surface area contributed by atoms with Crippen LogP contribution in [0, 0.1) is 12.7 Å². The monoisotopic (exact) mass is 358 g/mol. The lowest BCUT2D eigenvalue weighted by Crippen LogP contribution is -2.38. The topological polar surface area (TPSA) is 62.0 Å². The van der Waals surface area contributed by atoms with Crippen LogP contribution < -0.4 is 4.72 Å². The summed E-state index contributed by atoms with van der Waals surface area (Å²) < 4.78 is 41.7. The van der Waals surface area contributed by atoms with Crippen molar-refractivity contribution in [2.24, 2.45) is 0 Å². The second kappa shape index (κ2) is 5.97. The van der Waals surface area contributed by atoms with Crippen molar-refractivity contribution in [1.29, 1.82) is 0 Å². The fraction of sp³-hybridized carbons (Fsp3) is 0.263. The van der Waals surface area contributed by atoms with Crippen LogP contribution in [0.1, 0.15) is 23.2 Å². The molecule has 1 aliphatic carbocycles. The standard InChI is InChI=1S/C19H19FN2O2S/c1-12-4-2-3-5-19(12)25(23,24)22-14-7-9-17-16(11-14)15-8-6-13(20)10-18(15)21-17/h2-6,8,10,14,21-22H,7,9,11H2,1H3. The fourth-order valence-electron chi connectivity index (χ4n) is 3.64. The van der Waals surface area contributed by atoms with E-state index < -0.39 is 10.0 Å². The van der Waals surface area contributed by atoms with E-state index in [1.807, 2.05) is 6.07 Å². The molecule has 0 saturated carbocycles. The van der Waals surface area contributed by atoms with Gasteiger partial charge < -0.3 is 4.98 Å². The molecule has 0 aliphatic heterocycles. The number of H-pyrrole nitrogens is 1. The molecule has 4 rings (SSSR count). The summed E-state index contributed by atoms with van der Waals surface area (Å²) in [6.07, 6.45) is 2.06. The minimum atomic E-state index is -3.56. The number of benzene rings is 2. The van der Waals surface area contributed by atoms with E-state index in [9.17, 15) is 12.8 Å². The molecule has 1 heterocycles. The van der Waals surface area contributed by atoms with Gasteiger partial charge in [-0.3, -0.25) is 0 Å². The van der Waals surface area contributed by atoms with Gasteiger partial charge in [0, 0.05) is 22.6 Å². The van der Waals surface area contributed by atoms with Gasteiger partial charge in [0.25, 0.3) is 0 Å². The van der Waals surface area contributed by atoms with Crippen molar-refractivity contribution in [2.75, 3.05) is 0 Å². The zero-order chi connectivity index (χ0) is 17.6. The summed E-state index contributed by atoms with van der Waals surface area (Å²) in [5.41, 5.74) is 3.66. The number of hydrogen-bond acceptors (Lipinski definition) is 2. The maximum Gasteiger partial charge on any atom is 0.241 e. The number of fused-ring (bicyclic) bond motifs is 3. The summed E-state index contributed by atoms with van der Waals surface area (Å²) in [7, 11) is -3.56. The van der Waals surface area contributed by atoms with Gasteiger partial charge in [0.1, 0.15) is 5.82 Å². The van der Waals surface area contributed by atoms with E-state index in [4.69, 9.17) is 0 Å². The summed E-state index contributed by atoms with van der Waals surface area (Å²) in [6.45, 7) is 1.79. The molecule has 0 bridgehead atoms. The van der Waals surface area contributed by atoms with Crippen LogP contribution >= 0.6 is 0 Å². The molecule has 6 heteroatoms. The Kier molecular flexibility index (Phi) is 3.89. The van der Waals surface area contributed by atoms with Crippen LogP contribution in [-0.2, 0) is 22.9 Å². The second-order valence-corrected chi connectivity index (χ2v) is 8.28. The van der Waals surface area contributed by atoms with Crippen molar-refractivity contribution in [3.05, 3.63) is 65.1 Å². The summed E-state index contributed by atoms with van der Waals surface area (Å²) in [6, 6.07) is 11.5. The van der Waals surface area contributed by atoms with E-state index in [0.29, 0.717) is 17.7 Å². The Labute approximate surface area is 146 Å². The van der Waals surface area contributed by atoms with Crippen LogP contribution in [0.25, 0.3) is 10.9 Å². The fourth-order valence-corrected chi connectivity index (χ4v) is 5.16. The van der Waals surface area contributed by atoms with Crippen molar-refractivity contribution in [2.45, 2.75) is 37.1 Å². The third-order valence-electron chi connectivity index (χ3n) is 4.85. The summed E-state index contributed by atoms with van der Waals surface area (Å²) in [5, 5.41) is 0.969. The minimum absolute atomic E-state index is 0.166. The number of nitrogens with one attached hydrogen (secondary N) is 2. The molecule has 0 saturated heterocycles. The third kappa shape index (κ3) is 2.96. The van der Waals surface area contributed by atoms with Gasteiger partial charge in [0.05, 0.1) is 4.90 Å². The first kappa shape index (κ1) is 16.3. The SMILES string of the molecule is Cc1ccccc1S(=O)(=O)NC1CCc2[nH]c3cc(F)ccc3c2C1. The van der Waals surface area contributed by atoms with E-state index in [1.165, 1.54) is 12.1 Å². The van der Waals surface area contributed by atoms with Gasteiger partial charge in [0.2, 0.25) is 10.0 Å². The van der Waals surface area contributed by atoms with Crippen LogP contribution in [-0.4, -0.2) is 19.4 Å². The molecule has 25 heavy (non-hydrogen) atoms. The number of rotatable bonds is 3. The first-order chi connectivity index (χ1) is 11.9. The van der Waals surface area contributed by atoms with Crippen LogP contribution in [0.3, 0.4) is 0 Å².